The third-order valence-electron chi connectivity index (χ3n) is 4.03. The summed E-state index contributed by atoms with van der Waals surface area (Å²) in [6, 6.07) is 10.0. The Morgan fingerprint density at radius 1 is 1.33 bits per heavy atom. The van der Waals surface area contributed by atoms with E-state index in [1.54, 1.807) is 11.3 Å². The van der Waals surface area contributed by atoms with Crippen LogP contribution >= 0.6 is 11.3 Å². The van der Waals surface area contributed by atoms with Gasteiger partial charge in [0.15, 0.2) is 0 Å². The van der Waals surface area contributed by atoms with E-state index in [4.69, 9.17) is 5.73 Å². The van der Waals surface area contributed by atoms with Crippen LogP contribution in [0.25, 0.3) is 0 Å². The molecule has 1 aliphatic carbocycles. The number of thiophene rings is 1. The van der Waals surface area contributed by atoms with E-state index < -0.39 is 0 Å². The van der Waals surface area contributed by atoms with Crippen molar-refractivity contribution in [2.24, 2.45) is 5.73 Å². The zero-order chi connectivity index (χ0) is 14.7. The molecule has 0 spiro atoms. The summed E-state index contributed by atoms with van der Waals surface area (Å²) < 4.78 is 0. The molecule has 0 bridgehead atoms. The summed E-state index contributed by atoms with van der Waals surface area (Å²) in [4.78, 5) is 14.0. The Hall–Kier alpha value is -1.65. The fourth-order valence-corrected chi connectivity index (χ4v) is 3.98. The monoisotopic (exact) mass is 300 g/mol. The van der Waals surface area contributed by atoms with E-state index in [1.807, 2.05) is 24.3 Å². The quantitative estimate of drug-likeness (QED) is 0.912. The van der Waals surface area contributed by atoms with Crippen LogP contribution in [0.2, 0.25) is 0 Å². The first-order valence-electron chi connectivity index (χ1n) is 7.44. The van der Waals surface area contributed by atoms with Crippen LogP contribution in [0.15, 0.2) is 35.7 Å². The van der Waals surface area contributed by atoms with Gasteiger partial charge in [0, 0.05) is 10.4 Å². The highest BCUT2D eigenvalue weighted by Crippen LogP contribution is 2.33. The minimum absolute atomic E-state index is 0.0168. The van der Waals surface area contributed by atoms with Gasteiger partial charge in [0.25, 0.3) is 5.91 Å². The van der Waals surface area contributed by atoms with Crippen molar-refractivity contribution >= 4 is 17.2 Å². The van der Waals surface area contributed by atoms with Gasteiger partial charge in [0.1, 0.15) is 0 Å². The Morgan fingerprint density at radius 3 is 3.05 bits per heavy atom. The molecule has 1 aromatic heterocycles. The van der Waals surface area contributed by atoms with Crippen molar-refractivity contribution in [1.82, 2.24) is 5.32 Å². The number of rotatable bonds is 4. The molecule has 0 radical (unpaired) electrons. The summed E-state index contributed by atoms with van der Waals surface area (Å²) in [6.07, 6.45) is 4.04. The second-order valence-corrected chi connectivity index (χ2v) is 6.41. The third-order valence-corrected chi connectivity index (χ3v) is 5.03. The maximum atomic E-state index is 12.6. The molecule has 1 aliphatic rings. The molecule has 3 N–H and O–H groups in total. The van der Waals surface area contributed by atoms with Crippen LogP contribution in [0.3, 0.4) is 0 Å². The van der Waals surface area contributed by atoms with Crippen LogP contribution in [-0.4, -0.2) is 12.5 Å². The molecule has 4 heteroatoms. The molecule has 0 aliphatic heterocycles. The average Bonchev–Trinajstić information content (AvgIpc) is 2.98. The lowest BCUT2D eigenvalue weighted by Gasteiger charge is -2.24. The molecule has 0 saturated carbocycles. The molecular formula is C17H20N2OS. The van der Waals surface area contributed by atoms with Gasteiger partial charge >= 0.3 is 0 Å². The van der Waals surface area contributed by atoms with Gasteiger partial charge in [-0.15, -0.1) is 11.3 Å². The Balaban J connectivity index is 1.79. The highest BCUT2D eigenvalue weighted by Gasteiger charge is 2.23. The Morgan fingerprint density at radius 2 is 2.19 bits per heavy atom. The van der Waals surface area contributed by atoms with Crippen LogP contribution in [0.4, 0.5) is 0 Å². The van der Waals surface area contributed by atoms with E-state index >= 15 is 0 Å². The molecule has 21 heavy (non-hydrogen) atoms. The van der Waals surface area contributed by atoms with E-state index in [9.17, 15) is 4.79 Å². The predicted octanol–water partition coefficient (Wildman–Crippen LogP) is 3.06. The van der Waals surface area contributed by atoms with Crippen molar-refractivity contribution < 1.29 is 4.79 Å². The van der Waals surface area contributed by atoms with Crippen LogP contribution in [0, 0.1) is 0 Å². The maximum Gasteiger partial charge on any atom is 0.252 e. The smallest absolute Gasteiger partial charge is 0.252 e. The molecule has 1 unspecified atom stereocenters. The number of fused-ring (bicyclic) bond motifs is 1. The summed E-state index contributed by atoms with van der Waals surface area (Å²) in [5.74, 6) is 0.0168. The highest BCUT2D eigenvalue weighted by molar-refractivity contribution is 7.10. The molecule has 3 nitrogen and oxygen atoms in total. The summed E-state index contributed by atoms with van der Waals surface area (Å²) in [5, 5.41) is 5.33. The van der Waals surface area contributed by atoms with Gasteiger partial charge in [-0.25, -0.2) is 0 Å². The van der Waals surface area contributed by atoms with E-state index in [1.165, 1.54) is 10.4 Å². The fourth-order valence-electron chi connectivity index (χ4n) is 2.99. The maximum absolute atomic E-state index is 12.6. The van der Waals surface area contributed by atoms with E-state index in [0.717, 1.165) is 36.8 Å². The largest absolute Gasteiger partial charge is 0.345 e. The van der Waals surface area contributed by atoms with E-state index in [2.05, 4.69) is 16.8 Å². The van der Waals surface area contributed by atoms with Crippen LogP contribution in [0.5, 0.6) is 0 Å². The zero-order valence-electron chi connectivity index (χ0n) is 12.0. The number of amides is 1. The third kappa shape index (κ3) is 3.01. The fraction of sp³-hybridized carbons (Fsp3) is 0.353. The lowest BCUT2D eigenvalue weighted by atomic mass is 9.93. The molecule has 110 valence electrons. The van der Waals surface area contributed by atoms with E-state index in [0.29, 0.717) is 6.54 Å². The molecular weight excluding hydrogens is 280 g/mol. The number of aryl methyl sites for hydroxylation is 1. The first-order chi connectivity index (χ1) is 10.3. The van der Waals surface area contributed by atoms with Crippen molar-refractivity contribution in [3.05, 3.63) is 57.3 Å². The van der Waals surface area contributed by atoms with Gasteiger partial charge in [-0.3, -0.25) is 4.79 Å². The summed E-state index contributed by atoms with van der Waals surface area (Å²) >= 11 is 1.80. The van der Waals surface area contributed by atoms with Gasteiger partial charge in [0.05, 0.1) is 6.04 Å². The lowest BCUT2D eigenvalue weighted by molar-refractivity contribution is 0.0932. The van der Waals surface area contributed by atoms with Crippen molar-refractivity contribution in [2.75, 3.05) is 6.54 Å². The number of carbonyl (C=O) groups is 1. The minimum atomic E-state index is 0.0168. The number of nitrogens with two attached hydrogens (primary N) is 1. The molecule has 3 rings (SSSR count). The Labute approximate surface area is 129 Å². The number of benzene rings is 1. The number of nitrogens with one attached hydrogen (secondary N) is 1. The minimum Gasteiger partial charge on any atom is -0.345 e. The van der Waals surface area contributed by atoms with Gasteiger partial charge in [-0.2, -0.15) is 0 Å². The van der Waals surface area contributed by atoms with Crippen molar-refractivity contribution in [1.29, 1.82) is 0 Å². The van der Waals surface area contributed by atoms with Gasteiger partial charge < -0.3 is 11.1 Å². The topological polar surface area (TPSA) is 55.1 Å². The first kappa shape index (κ1) is 14.3. The average molecular weight is 300 g/mol. The molecule has 1 aromatic carbocycles. The van der Waals surface area contributed by atoms with Crippen LogP contribution in [0.1, 0.15) is 45.2 Å². The molecule has 0 fully saturated rings. The second-order valence-electron chi connectivity index (χ2n) is 5.41. The van der Waals surface area contributed by atoms with Crippen LogP contribution in [-0.2, 0) is 12.8 Å². The van der Waals surface area contributed by atoms with Gasteiger partial charge in [-0.05, 0) is 60.9 Å². The summed E-state index contributed by atoms with van der Waals surface area (Å²) in [6.45, 7) is 0.558. The van der Waals surface area contributed by atoms with E-state index in [-0.39, 0.29) is 11.9 Å². The predicted molar refractivity (Wildman–Crippen MR) is 86.7 cm³/mol. The molecule has 2 aromatic rings. The zero-order valence-corrected chi connectivity index (χ0v) is 12.8. The van der Waals surface area contributed by atoms with Crippen molar-refractivity contribution in [2.45, 2.75) is 31.7 Å². The molecule has 1 amide bonds. The SMILES string of the molecule is NCCc1ccccc1C(=O)NC1CCCc2sccc21. The lowest BCUT2D eigenvalue weighted by Crippen LogP contribution is -2.31. The number of hydrogen-bond acceptors (Lipinski definition) is 3. The normalized spacial score (nSPS) is 17.3. The van der Waals surface area contributed by atoms with Gasteiger partial charge in [0.2, 0.25) is 0 Å². The first-order valence-corrected chi connectivity index (χ1v) is 8.32. The number of carbonyl (C=O) groups excluding carboxylic acids is 1. The Kier molecular flexibility index (Phi) is 4.36. The standard InChI is InChI=1S/C17H20N2OS/c18-10-8-12-4-1-2-5-13(12)17(20)19-15-6-3-7-16-14(15)9-11-21-16/h1-2,4-5,9,11,15H,3,6-8,10,18H2,(H,19,20). The van der Waals surface area contributed by atoms with Gasteiger partial charge in [-0.1, -0.05) is 18.2 Å². The summed E-state index contributed by atoms with van der Waals surface area (Å²) in [5.41, 5.74) is 8.72. The molecule has 1 heterocycles. The molecule has 0 saturated heterocycles. The van der Waals surface area contributed by atoms with Crippen LogP contribution < -0.4 is 11.1 Å². The number of hydrogen-bond donors (Lipinski definition) is 2. The second kappa shape index (κ2) is 6.41. The van der Waals surface area contributed by atoms with Crippen molar-refractivity contribution in [3.63, 3.8) is 0 Å². The van der Waals surface area contributed by atoms with Crippen molar-refractivity contribution in [3.8, 4) is 0 Å². The Bertz CT molecular complexity index is 635. The molecule has 1 atom stereocenters. The summed E-state index contributed by atoms with van der Waals surface area (Å²) in [7, 11) is 0. The highest BCUT2D eigenvalue weighted by atomic mass is 32.1.